The first-order chi connectivity index (χ1) is 10.5. The topological polar surface area (TPSA) is 0 Å². The molecule has 0 aliphatic heterocycles. The van der Waals surface area contributed by atoms with Gasteiger partial charge in [-0.2, -0.15) is 0 Å². The lowest BCUT2D eigenvalue weighted by molar-refractivity contribution is 0.486. The first kappa shape index (κ1) is 14.6. The second-order valence-electron chi connectivity index (χ2n) is 6.50. The van der Waals surface area contributed by atoms with Gasteiger partial charge in [0.25, 0.3) is 0 Å². The molecule has 22 heavy (non-hydrogen) atoms. The molecule has 0 heterocycles. The molecule has 0 radical (unpaired) electrons. The molecule has 0 amide bonds. The molecule has 0 aromatic heterocycles. The van der Waals surface area contributed by atoms with Gasteiger partial charge in [-0.05, 0) is 46.5 Å². The Hall–Kier alpha value is -2.38. The highest BCUT2D eigenvalue weighted by atomic mass is 15.3. The largest absolute Gasteiger partial charge is 0.298 e. The van der Waals surface area contributed by atoms with Crippen molar-refractivity contribution in [2.75, 3.05) is 21.1 Å². The molecular formula is C21H22N+. The van der Waals surface area contributed by atoms with E-state index < -0.39 is 0 Å². The first-order valence-electron chi connectivity index (χ1n) is 7.62. The van der Waals surface area contributed by atoms with Gasteiger partial charge in [-0.15, -0.1) is 0 Å². The zero-order valence-corrected chi connectivity index (χ0v) is 13.5. The maximum Gasteiger partial charge on any atom is 0.132 e. The summed E-state index contributed by atoms with van der Waals surface area (Å²) in [4.78, 5) is 0. The van der Waals surface area contributed by atoms with Crippen LogP contribution in [0, 0.1) is 0 Å². The number of hydrogen-bond donors (Lipinski definition) is 0. The Balaban J connectivity index is 1.87. The van der Waals surface area contributed by atoms with E-state index in [-0.39, 0.29) is 0 Å². The van der Waals surface area contributed by atoms with Gasteiger partial charge in [0.2, 0.25) is 0 Å². The SMILES string of the molecule is C[N+](C)(C)c1ccc(-c2ccc(-c3ccccc3)cc2)cc1. The van der Waals surface area contributed by atoms with E-state index in [2.05, 4.69) is 93.9 Å². The predicted molar refractivity (Wildman–Crippen MR) is 96.9 cm³/mol. The minimum Gasteiger partial charge on any atom is -0.298 e. The molecule has 0 unspecified atom stereocenters. The fourth-order valence-corrected chi connectivity index (χ4v) is 2.59. The smallest absolute Gasteiger partial charge is 0.132 e. The minimum atomic E-state index is 0.841. The monoisotopic (exact) mass is 288 g/mol. The molecule has 1 heteroatoms. The van der Waals surface area contributed by atoms with Gasteiger partial charge in [0, 0.05) is 0 Å². The standard InChI is InChI=1S/C21H22N/c1-22(2,3)21-15-13-20(14-16-21)19-11-9-18(10-12-19)17-7-5-4-6-8-17/h4-16H,1-3H3/q+1. The normalized spacial score (nSPS) is 11.4. The number of quaternary nitrogens is 1. The predicted octanol–water partition coefficient (Wildman–Crippen LogP) is 5.22. The molecule has 0 spiro atoms. The first-order valence-corrected chi connectivity index (χ1v) is 7.62. The molecule has 0 atom stereocenters. The van der Waals surface area contributed by atoms with Crippen LogP contribution in [0.25, 0.3) is 22.3 Å². The zero-order chi connectivity index (χ0) is 15.6. The summed E-state index contributed by atoms with van der Waals surface area (Å²) in [7, 11) is 6.55. The van der Waals surface area contributed by atoms with E-state index in [1.165, 1.54) is 27.9 Å². The zero-order valence-electron chi connectivity index (χ0n) is 13.5. The molecular weight excluding hydrogens is 266 g/mol. The maximum absolute atomic E-state index is 2.21. The van der Waals surface area contributed by atoms with Gasteiger partial charge < -0.3 is 0 Å². The molecule has 0 saturated heterocycles. The van der Waals surface area contributed by atoms with Crippen LogP contribution in [0.5, 0.6) is 0 Å². The van der Waals surface area contributed by atoms with E-state index in [4.69, 9.17) is 0 Å². The van der Waals surface area contributed by atoms with Crippen LogP contribution >= 0.6 is 0 Å². The summed E-state index contributed by atoms with van der Waals surface area (Å²) in [5.41, 5.74) is 6.34. The average molecular weight is 288 g/mol. The second-order valence-corrected chi connectivity index (χ2v) is 6.50. The van der Waals surface area contributed by atoms with Crippen molar-refractivity contribution >= 4 is 5.69 Å². The highest BCUT2D eigenvalue weighted by Crippen LogP contribution is 2.27. The second kappa shape index (κ2) is 5.78. The molecule has 0 aliphatic rings. The van der Waals surface area contributed by atoms with Crippen LogP contribution < -0.4 is 4.48 Å². The summed E-state index contributed by atoms with van der Waals surface area (Å²) >= 11 is 0. The number of rotatable bonds is 3. The highest BCUT2D eigenvalue weighted by Gasteiger charge is 2.11. The van der Waals surface area contributed by atoms with Gasteiger partial charge in [-0.25, -0.2) is 0 Å². The van der Waals surface area contributed by atoms with Crippen molar-refractivity contribution in [3.63, 3.8) is 0 Å². The van der Waals surface area contributed by atoms with Gasteiger partial charge in [-0.1, -0.05) is 54.6 Å². The molecule has 0 N–H and O–H groups in total. The Morgan fingerprint density at radius 1 is 0.455 bits per heavy atom. The van der Waals surface area contributed by atoms with Crippen molar-refractivity contribution in [2.24, 2.45) is 0 Å². The summed E-state index contributed by atoms with van der Waals surface area (Å²) < 4.78 is 0.841. The van der Waals surface area contributed by atoms with Crippen LogP contribution in [-0.2, 0) is 0 Å². The van der Waals surface area contributed by atoms with Crippen molar-refractivity contribution in [3.8, 4) is 22.3 Å². The molecule has 1 nitrogen and oxygen atoms in total. The van der Waals surface area contributed by atoms with E-state index in [9.17, 15) is 0 Å². The summed E-state index contributed by atoms with van der Waals surface area (Å²) in [5.74, 6) is 0. The van der Waals surface area contributed by atoms with E-state index in [1.807, 2.05) is 6.07 Å². The van der Waals surface area contributed by atoms with Gasteiger partial charge in [0.05, 0.1) is 21.1 Å². The van der Waals surface area contributed by atoms with Crippen molar-refractivity contribution in [1.29, 1.82) is 0 Å². The summed E-state index contributed by atoms with van der Waals surface area (Å²) in [6, 6.07) is 28.1. The summed E-state index contributed by atoms with van der Waals surface area (Å²) in [5, 5.41) is 0. The molecule has 0 bridgehead atoms. The summed E-state index contributed by atoms with van der Waals surface area (Å²) in [6.45, 7) is 0. The van der Waals surface area contributed by atoms with E-state index in [0.717, 1.165) is 4.48 Å². The van der Waals surface area contributed by atoms with Gasteiger partial charge in [0.15, 0.2) is 0 Å². The lowest BCUT2D eigenvalue weighted by Crippen LogP contribution is -2.34. The fraction of sp³-hybridized carbons (Fsp3) is 0.143. The average Bonchev–Trinajstić information content (AvgIpc) is 2.55. The third kappa shape index (κ3) is 3.10. The third-order valence-electron chi connectivity index (χ3n) is 3.97. The molecule has 0 saturated carbocycles. The minimum absolute atomic E-state index is 0.841. The fourth-order valence-electron chi connectivity index (χ4n) is 2.59. The van der Waals surface area contributed by atoms with Crippen molar-refractivity contribution in [2.45, 2.75) is 0 Å². The Morgan fingerprint density at radius 2 is 0.818 bits per heavy atom. The van der Waals surface area contributed by atoms with Crippen LogP contribution in [0.2, 0.25) is 0 Å². The maximum atomic E-state index is 2.21. The van der Waals surface area contributed by atoms with Crippen LogP contribution in [0.3, 0.4) is 0 Å². The van der Waals surface area contributed by atoms with Crippen molar-refractivity contribution < 1.29 is 0 Å². The van der Waals surface area contributed by atoms with E-state index >= 15 is 0 Å². The van der Waals surface area contributed by atoms with E-state index in [1.54, 1.807) is 0 Å². The molecule has 3 aromatic carbocycles. The number of hydrogen-bond acceptors (Lipinski definition) is 0. The Kier molecular flexibility index (Phi) is 3.82. The Labute approximate surface area is 133 Å². The molecule has 3 rings (SSSR count). The number of nitrogens with zero attached hydrogens (tertiary/aromatic N) is 1. The molecule has 110 valence electrons. The van der Waals surface area contributed by atoms with Crippen LogP contribution in [-0.4, -0.2) is 21.1 Å². The van der Waals surface area contributed by atoms with Crippen molar-refractivity contribution in [3.05, 3.63) is 78.9 Å². The van der Waals surface area contributed by atoms with E-state index in [0.29, 0.717) is 0 Å². The Morgan fingerprint density at radius 3 is 1.23 bits per heavy atom. The Bertz CT molecular complexity index is 733. The van der Waals surface area contributed by atoms with Gasteiger partial charge in [0.1, 0.15) is 5.69 Å². The highest BCUT2D eigenvalue weighted by molar-refractivity contribution is 5.71. The molecule has 3 aromatic rings. The lowest BCUT2D eigenvalue weighted by atomic mass is 10.00. The number of benzene rings is 3. The third-order valence-corrected chi connectivity index (χ3v) is 3.97. The van der Waals surface area contributed by atoms with Gasteiger partial charge in [-0.3, -0.25) is 4.48 Å². The quantitative estimate of drug-likeness (QED) is 0.580. The van der Waals surface area contributed by atoms with Gasteiger partial charge >= 0.3 is 0 Å². The molecule has 0 aliphatic carbocycles. The van der Waals surface area contributed by atoms with Crippen LogP contribution in [0.15, 0.2) is 78.9 Å². The van der Waals surface area contributed by atoms with Crippen LogP contribution in [0.1, 0.15) is 0 Å². The lowest BCUT2D eigenvalue weighted by Gasteiger charge is -2.23. The summed E-state index contributed by atoms with van der Waals surface area (Å²) in [6.07, 6.45) is 0. The van der Waals surface area contributed by atoms with Crippen LogP contribution in [0.4, 0.5) is 5.69 Å². The molecule has 0 fully saturated rings. The van der Waals surface area contributed by atoms with Crippen molar-refractivity contribution in [1.82, 2.24) is 4.48 Å².